The van der Waals surface area contributed by atoms with Gasteiger partial charge in [-0.25, -0.2) is 17.5 Å². The first-order valence-electron chi connectivity index (χ1n) is 8.53. The molecule has 0 saturated carbocycles. The van der Waals surface area contributed by atoms with Crippen molar-refractivity contribution in [3.63, 3.8) is 0 Å². The topological polar surface area (TPSA) is 98.8 Å². The monoisotopic (exact) mass is 384 g/mol. The van der Waals surface area contributed by atoms with Crippen molar-refractivity contribution >= 4 is 22.0 Å². The number of carbonyl (C=O) groups is 2. The third-order valence-corrected chi connectivity index (χ3v) is 5.83. The molecule has 0 aliphatic rings. The molecule has 0 aliphatic heterocycles. The normalized spacial score (nSPS) is 11.3. The van der Waals surface area contributed by atoms with Crippen molar-refractivity contribution in [3.05, 3.63) is 29.8 Å². The number of sulfonamides is 1. The van der Waals surface area contributed by atoms with Crippen LogP contribution >= 0.6 is 0 Å². The average Bonchev–Trinajstić information content (AvgIpc) is 2.61. The molecule has 1 rings (SSSR count). The van der Waals surface area contributed by atoms with E-state index in [1.165, 1.54) is 20.2 Å². The summed E-state index contributed by atoms with van der Waals surface area (Å²) in [5, 5.41) is 5.23. The quantitative estimate of drug-likeness (QED) is 0.663. The van der Waals surface area contributed by atoms with E-state index in [1.807, 2.05) is 13.8 Å². The van der Waals surface area contributed by atoms with Crippen molar-refractivity contribution in [3.8, 4) is 0 Å². The molecule has 0 bridgehead atoms. The Morgan fingerprint density at radius 2 is 1.65 bits per heavy atom. The summed E-state index contributed by atoms with van der Waals surface area (Å²) in [4.78, 5) is 25.6. The van der Waals surface area contributed by atoms with Crippen molar-refractivity contribution in [2.45, 2.75) is 31.7 Å². The van der Waals surface area contributed by atoms with Crippen molar-refractivity contribution in [2.75, 3.05) is 33.7 Å². The van der Waals surface area contributed by atoms with Crippen LogP contribution in [0, 0.1) is 0 Å². The molecule has 0 unspecified atom stereocenters. The Kier molecular flexibility index (Phi) is 8.53. The zero-order valence-electron chi connectivity index (χ0n) is 15.8. The van der Waals surface area contributed by atoms with Crippen LogP contribution in [-0.4, -0.2) is 63.3 Å². The fraction of sp³-hybridized carbons (Fsp3) is 0.529. The number of amides is 3. The average molecular weight is 385 g/mol. The number of nitrogens with one attached hydrogen (secondary N) is 2. The van der Waals surface area contributed by atoms with Gasteiger partial charge in [0.25, 0.3) is 0 Å². The van der Waals surface area contributed by atoms with Gasteiger partial charge in [0, 0.05) is 46.7 Å². The minimum Gasteiger partial charge on any atom is -0.343 e. The molecular formula is C17H28N4O4S. The van der Waals surface area contributed by atoms with E-state index in [1.54, 1.807) is 23.1 Å². The van der Waals surface area contributed by atoms with Gasteiger partial charge in [-0.1, -0.05) is 18.2 Å². The van der Waals surface area contributed by atoms with Crippen LogP contribution in [0.1, 0.15) is 25.8 Å². The first-order chi connectivity index (χ1) is 12.2. The van der Waals surface area contributed by atoms with E-state index >= 15 is 0 Å². The van der Waals surface area contributed by atoms with Gasteiger partial charge in [0.2, 0.25) is 15.9 Å². The van der Waals surface area contributed by atoms with Crippen LogP contribution in [0.2, 0.25) is 0 Å². The van der Waals surface area contributed by atoms with E-state index in [0.717, 1.165) is 4.31 Å². The molecule has 9 heteroatoms. The van der Waals surface area contributed by atoms with Gasteiger partial charge in [-0.05, 0) is 25.5 Å². The van der Waals surface area contributed by atoms with E-state index in [2.05, 4.69) is 10.6 Å². The fourth-order valence-corrected chi connectivity index (χ4v) is 3.47. The molecular weight excluding hydrogens is 356 g/mol. The Balaban J connectivity index is 2.58. The highest BCUT2D eigenvalue weighted by Gasteiger charge is 2.20. The van der Waals surface area contributed by atoms with E-state index in [0.29, 0.717) is 18.7 Å². The van der Waals surface area contributed by atoms with Crippen molar-refractivity contribution < 1.29 is 18.0 Å². The lowest BCUT2D eigenvalue weighted by atomic mass is 10.2. The maximum atomic E-state index is 12.3. The third kappa shape index (κ3) is 5.99. The molecule has 0 atom stereocenters. The summed E-state index contributed by atoms with van der Waals surface area (Å²) < 4.78 is 25.8. The molecule has 2 N–H and O–H groups in total. The van der Waals surface area contributed by atoms with Gasteiger partial charge < -0.3 is 15.5 Å². The van der Waals surface area contributed by atoms with Gasteiger partial charge in [-0.2, -0.15) is 0 Å². The number of hydrogen-bond donors (Lipinski definition) is 2. The number of nitrogens with zero attached hydrogens (tertiary/aromatic N) is 2. The first-order valence-corrected chi connectivity index (χ1v) is 9.97. The van der Waals surface area contributed by atoms with E-state index in [-0.39, 0.29) is 30.3 Å². The zero-order chi connectivity index (χ0) is 19.7. The predicted octanol–water partition coefficient (Wildman–Crippen LogP) is 0.995. The van der Waals surface area contributed by atoms with Crippen LogP contribution in [0.5, 0.6) is 0 Å². The number of urea groups is 1. The zero-order valence-corrected chi connectivity index (χ0v) is 16.6. The Morgan fingerprint density at radius 3 is 2.23 bits per heavy atom. The third-order valence-electron chi connectivity index (χ3n) is 3.91. The lowest BCUT2D eigenvalue weighted by molar-refractivity contribution is -0.130. The van der Waals surface area contributed by atoms with Gasteiger partial charge in [0.05, 0.1) is 4.90 Å². The first kappa shape index (κ1) is 21.9. The Labute approximate surface area is 155 Å². The Bertz CT molecular complexity index is 715. The molecule has 1 aromatic rings. The van der Waals surface area contributed by atoms with Crippen LogP contribution in [-0.2, 0) is 21.4 Å². The van der Waals surface area contributed by atoms with Crippen LogP contribution in [0.25, 0.3) is 0 Å². The molecule has 3 amide bonds. The molecule has 0 fully saturated rings. The molecule has 146 valence electrons. The van der Waals surface area contributed by atoms with Gasteiger partial charge >= 0.3 is 6.03 Å². The van der Waals surface area contributed by atoms with Crippen LogP contribution in [0.4, 0.5) is 4.79 Å². The Morgan fingerprint density at radius 1 is 1.04 bits per heavy atom. The summed E-state index contributed by atoms with van der Waals surface area (Å²) in [6.07, 6.45) is 0.223. The molecule has 0 aliphatic carbocycles. The highest BCUT2D eigenvalue weighted by molar-refractivity contribution is 7.89. The van der Waals surface area contributed by atoms with Gasteiger partial charge in [0.15, 0.2) is 0 Å². The molecule has 0 radical (unpaired) electrons. The van der Waals surface area contributed by atoms with Crippen molar-refractivity contribution in [1.82, 2.24) is 19.8 Å². The molecule has 0 spiro atoms. The molecule has 8 nitrogen and oxygen atoms in total. The lowest BCUT2D eigenvalue weighted by Crippen LogP contribution is -2.38. The fourth-order valence-electron chi connectivity index (χ4n) is 2.35. The molecule has 1 aromatic carbocycles. The van der Waals surface area contributed by atoms with E-state index in [9.17, 15) is 18.0 Å². The van der Waals surface area contributed by atoms with Gasteiger partial charge in [-0.3, -0.25) is 4.79 Å². The van der Waals surface area contributed by atoms with Crippen LogP contribution in [0.3, 0.4) is 0 Å². The highest BCUT2D eigenvalue weighted by atomic mass is 32.2. The van der Waals surface area contributed by atoms with Crippen LogP contribution in [0.15, 0.2) is 29.2 Å². The molecule has 0 aromatic heterocycles. The number of hydrogen-bond acceptors (Lipinski definition) is 4. The number of benzene rings is 1. The maximum Gasteiger partial charge on any atom is 0.315 e. The summed E-state index contributed by atoms with van der Waals surface area (Å²) in [6, 6.07) is 6.06. The van der Waals surface area contributed by atoms with Crippen molar-refractivity contribution in [1.29, 1.82) is 0 Å². The summed E-state index contributed by atoms with van der Waals surface area (Å²) in [5.74, 6) is -0.0160. The second kappa shape index (κ2) is 10.1. The maximum absolute atomic E-state index is 12.3. The minimum absolute atomic E-state index is 0.0160. The summed E-state index contributed by atoms with van der Waals surface area (Å²) >= 11 is 0. The lowest BCUT2D eigenvalue weighted by Gasteiger charge is -2.18. The van der Waals surface area contributed by atoms with Crippen molar-refractivity contribution in [2.24, 2.45) is 0 Å². The summed E-state index contributed by atoms with van der Waals surface area (Å²) in [6.45, 7) is 5.37. The second-order valence-electron chi connectivity index (χ2n) is 5.82. The molecule has 26 heavy (non-hydrogen) atoms. The summed E-state index contributed by atoms with van der Waals surface area (Å²) in [7, 11) is -0.673. The number of rotatable bonds is 9. The summed E-state index contributed by atoms with van der Waals surface area (Å²) in [5.41, 5.74) is 0.496. The second-order valence-corrected chi connectivity index (χ2v) is 7.94. The minimum atomic E-state index is -3.59. The highest BCUT2D eigenvalue weighted by Crippen LogP contribution is 2.18. The predicted molar refractivity (Wildman–Crippen MR) is 100 cm³/mol. The number of carbonyl (C=O) groups excluding carboxylic acids is 2. The van der Waals surface area contributed by atoms with Gasteiger partial charge in [-0.15, -0.1) is 0 Å². The largest absolute Gasteiger partial charge is 0.343 e. The molecule has 0 saturated heterocycles. The van der Waals surface area contributed by atoms with Gasteiger partial charge in [0.1, 0.15) is 0 Å². The standard InChI is InChI=1S/C17H28N4O4S/c1-5-21(6-2)16(22)11-12-18-17(23)19-13-14-9-7-8-10-15(14)26(24,25)20(3)4/h7-10H,5-6,11-13H2,1-4H3,(H2,18,19,23). The molecule has 0 heterocycles. The van der Waals surface area contributed by atoms with E-state index in [4.69, 9.17) is 0 Å². The Hall–Kier alpha value is -2.13. The van der Waals surface area contributed by atoms with Crippen LogP contribution < -0.4 is 10.6 Å². The smallest absolute Gasteiger partial charge is 0.315 e. The SMILES string of the molecule is CCN(CC)C(=O)CCNC(=O)NCc1ccccc1S(=O)(=O)N(C)C. The van der Waals surface area contributed by atoms with E-state index < -0.39 is 16.1 Å².